The molecule has 0 atom stereocenters. The van der Waals surface area contributed by atoms with Gasteiger partial charge in [-0.05, 0) is 55.9 Å². The molecule has 2 bridgehead atoms. The molecule has 6 nitrogen and oxygen atoms in total. The van der Waals surface area contributed by atoms with Crippen LogP contribution in [0.15, 0.2) is 0 Å². The van der Waals surface area contributed by atoms with Crippen molar-refractivity contribution < 1.29 is 9.53 Å². The SMILES string of the molecule is COCC12CCC(CCN3CCc4c(nc(C(N)=O)n4C)C3)(CC1)C2. The zero-order valence-electron chi connectivity index (χ0n) is 15.5. The van der Waals surface area contributed by atoms with Crippen LogP contribution in [0.4, 0.5) is 0 Å². The van der Waals surface area contributed by atoms with Gasteiger partial charge in [0.1, 0.15) is 0 Å². The highest BCUT2D eigenvalue weighted by Crippen LogP contribution is 2.63. The summed E-state index contributed by atoms with van der Waals surface area (Å²) < 4.78 is 7.38. The fourth-order valence-electron chi connectivity index (χ4n) is 5.69. The number of nitrogens with two attached hydrogens (primary N) is 1. The molecule has 0 aromatic carbocycles. The van der Waals surface area contributed by atoms with Gasteiger partial charge in [0.15, 0.2) is 5.82 Å². The van der Waals surface area contributed by atoms with Crippen molar-refractivity contribution >= 4 is 5.91 Å². The van der Waals surface area contributed by atoms with E-state index in [1.54, 1.807) is 0 Å². The third kappa shape index (κ3) is 2.89. The Morgan fingerprint density at radius 1 is 1.28 bits per heavy atom. The Morgan fingerprint density at radius 2 is 2.00 bits per heavy atom. The molecule has 1 aromatic heterocycles. The Kier molecular flexibility index (Phi) is 4.15. The summed E-state index contributed by atoms with van der Waals surface area (Å²) in [6, 6.07) is 0. The van der Waals surface area contributed by atoms with Crippen LogP contribution in [0.1, 0.15) is 60.5 Å². The predicted molar refractivity (Wildman–Crippen MR) is 95.2 cm³/mol. The number of methoxy groups -OCH3 is 1. The number of nitrogens with zero attached hydrogens (tertiary/aromatic N) is 3. The minimum absolute atomic E-state index is 0.390. The molecule has 1 aromatic rings. The van der Waals surface area contributed by atoms with E-state index in [-0.39, 0.29) is 0 Å². The van der Waals surface area contributed by atoms with E-state index >= 15 is 0 Å². The molecule has 0 spiro atoms. The number of imidazole rings is 1. The molecule has 0 unspecified atom stereocenters. The zero-order chi connectivity index (χ0) is 17.7. The third-order valence-electron chi connectivity index (χ3n) is 7.09. The molecule has 2 saturated carbocycles. The summed E-state index contributed by atoms with van der Waals surface area (Å²) in [5.74, 6) is -0.0462. The Bertz CT molecular complexity index is 673. The number of rotatable bonds is 6. The lowest BCUT2D eigenvalue weighted by molar-refractivity contribution is 0.0860. The van der Waals surface area contributed by atoms with Crippen LogP contribution in [-0.2, 0) is 24.8 Å². The van der Waals surface area contributed by atoms with Gasteiger partial charge < -0.3 is 15.0 Å². The fraction of sp³-hybridized carbons (Fsp3) is 0.789. The quantitative estimate of drug-likeness (QED) is 0.853. The summed E-state index contributed by atoms with van der Waals surface area (Å²) in [6.07, 6.45) is 8.99. The average molecular weight is 346 g/mol. The molecule has 0 radical (unpaired) electrons. The molecule has 2 fully saturated rings. The first-order chi connectivity index (χ1) is 12.0. The number of primary amides is 1. The largest absolute Gasteiger partial charge is 0.384 e. The molecular formula is C19H30N4O2. The maximum absolute atomic E-state index is 11.5. The van der Waals surface area contributed by atoms with Crippen molar-refractivity contribution in [3.63, 3.8) is 0 Å². The molecule has 0 saturated heterocycles. The van der Waals surface area contributed by atoms with Gasteiger partial charge in [0.05, 0.1) is 12.3 Å². The smallest absolute Gasteiger partial charge is 0.284 e. The Morgan fingerprint density at radius 3 is 2.68 bits per heavy atom. The lowest BCUT2D eigenvalue weighted by Gasteiger charge is -2.32. The summed E-state index contributed by atoms with van der Waals surface area (Å²) in [7, 11) is 3.73. The van der Waals surface area contributed by atoms with Crippen molar-refractivity contribution in [1.29, 1.82) is 0 Å². The lowest BCUT2D eigenvalue weighted by atomic mass is 9.80. The first-order valence-electron chi connectivity index (χ1n) is 9.52. The third-order valence-corrected chi connectivity index (χ3v) is 7.09. The zero-order valence-corrected chi connectivity index (χ0v) is 15.5. The molecule has 1 aliphatic heterocycles. The normalized spacial score (nSPS) is 31.4. The van der Waals surface area contributed by atoms with Crippen LogP contribution in [-0.4, -0.2) is 47.2 Å². The van der Waals surface area contributed by atoms with Crippen molar-refractivity contribution in [3.05, 3.63) is 17.2 Å². The maximum atomic E-state index is 11.5. The van der Waals surface area contributed by atoms with Crippen molar-refractivity contribution in [2.75, 3.05) is 26.8 Å². The van der Waals surface area contributed by atoms with Crippen LogP contribution in [0.5, 0.6) is 0 Å². The van der Waals surface area contributed by atoms with Crippen molar-refractivity contribution in [2.24, 2.45) is 23.6 Å². The van der Waals surface area contributed by atoms with Crippen LogP contribution in [0.25, 0.3) is 0 Å². The second-order valence-corrected chi connectivity index (χ2v) is 8.64. The van der Waals surface area contributed by atoms with E-state index < -0.39 is 5.91 Å². The number of amides is 1. The lowest BCUT2D eigenvalue weighted by Crippen LogP contribution is -2.34. The van der Waals surface area contributed by atoms with E-state index in [2.05, 4.69) is 9.88 Å². The van der Waals surface area contributed by atoms with Crippen LogP contribution >= 0.6 is 0 Å². The number of hydrogen-bond donors (Lipinski definition) is 1. The van der Waals surface area contributed by atoms with Gasteiger partial charge in [0.2, 0.25) is 0 Å². The van der Waals surface area contributed by atoms with Crippen LogP contribution in [0.2, 0.25) is 0 Å². The van der Waals surface area contributed by atoms with Crippen molar-refractivity contribution in [2.45, 2.75) is 51.5 Å². The second kappa shape index (κ2) is 6.09. The summed E-state index contributed by atoms with van der Waals surface area (Å²) in [5.41, 5.74) is 8.65. The highest BCUT2D eigenvalue weighted by molar-refractivity contribution is 5.89. The van der Waals surface area contributed by atoms with E-state index in [9.17, 15) is 4.79 Å². The highest BCUT2D eigenvalue weighted by atomic mass is 16.5. The summed E-state index contributed by atoms with van der Waals surface area (Å²) in [5, 5.41) is 0. The van der Waals surface area contributed by atoms with Crippen molar-refractivity contribution in [1.82, 2.24) is 14.5 Å². The topological polar surface area (TPSA) is 73.4 Å². The molecular weight excluding hydrogens is 316 g/mol. The molecule has 138 valence electrons. The number of ether oxygens (including phenoxy) is 1. The number of aromatic nitrogens is 2. The average Bonchev–Trinajstić information content (AvgIpc) is 3.24. The van der Waals surface area contributed by atoms with Crippen molar-refractivity contribution in [3.8, 4) is 0 Å². The molecule has 1 amide bonds. The van der Waals surface area contributed by atoms with Crippen LogP contribution < -0.4 is 5.73 Å². The van der Waals surface area contributed by atoms with Crippen LogP contribution in [0, 0.1) is 10.8 Å². The minimum Gasteiger partial charge on any atom is -0.384 e. The molecule has 2 heterocycles. The standard InChI is InChI=1S/C19H30N4O2/c1-22-15-3-9-23(11-14(15)21-17(22)16(20)24)10-8-18-4-6-19(12-18,7-5-18)13-25-2/h3-13H2,1-2H3,(H2,20,24). The first-order valence-corrected chi connectivity index (χ1v) is 9.52. The molecule has 2 aliphatic carbocycles. The highest BCUT2D eigenvalue weighted by Gasteiger charge is 2.53. The van der Waals surface area contributed by atoms with Gasteiger partial charge in [-0.3, -0.25) is 9.69 Å². The molecule has 2 N–H and O–H groups in total. The number of carbonyl (C=O) groups is 1. The Hall–Kier alpha value is -1.40. The Balaban J connectivity index is 1.38. The van der Waals surface area contributed by atoms with Gasteiger partial charge >= 0.3 is 0 Å². The van der Waals surface area contributed by atoms with Gasteiger partial charge in [-0.25, -0.2) is 4.98 Å². The fourth-order valence-corrected chi connectivity index (χ4v) is 5.69. The molecule has 4 rings (SSSR count). The monoisotopic (exact) mass is 346 g/mol. The second-order valence-electron chi connectivity index (χ2n) is 8.64. The summed E-state index contributed by atoms with van der Waals surface area (Å²) in [6.45, 7) is 3.95. The minimum atomic E-state index is -0.436. The number of fused-ring (bicyclic) bond motifs is 3. The van der Waals surface area contributed by atoms with Gasteiger partial charge in [-0.15, -0.1) is 0 Å². The first kappa shape index (κ1) is 17.0. The van der Waals surface area contributed by atoms with E-state index in [1.807, 2.05) is 18.7 Å². The van der Waals surface area contributed by atoms with Gasteiger partial charge in [-0.1, -0.05) is 0 Å². The summed E-state index contributed by atoms with van der Waals surface area (Å²) >= 11 is 0. The Labute approximate surface area is 149 Å². The van der Waals surface area contributed by atoms with Crippen LogP contribution in [0.3, 0.4) is 0 Å². The number of hydrogen-bond acceptors (Lipinski definition) is 4. The molecule has 25 heavy (non-hydrogen) atoms. The molecule has 3 aliphatic rings. The van der Waals surface area contributed by atoms with Gasteiger partial charge in [-0.2, -0.15) is 0 Å². The number of carbonyl (C=O) groups excluding carboxylic acids is 1. The predicted octanol–water partition coefficient (Wildman–Crippen LogP) is 1.86. The molecule has 6 heteroatoms. The van der Waals surface area contributed by atoms with Gasteiger partial charge in [0.25, 0.3) is 5.91 Å². The maximum Gasteiger partial charge on any atom is 0.284 e. The van der Waals surface area contributed by atoms with E-state index in [0.717, 1.165) is 38.4 Å². The van der Waals surface area contributed by atoms with Gasteiger partial charge in [0, 0.05) is 39.4 Å². The van der Waals surface area contributed by atoms with E-state index in [4.69, 9.17) is 10.5 Å². The van der Waals surface area contributed by atoms with E-state index in [0.29, 0.717) is 16.7 Å². The summed E-state index contributed by atoms with van der Waals surface area (Å²) in [4.78, 5) is 18.5. The van der Waals surface area contributed by atoms with E-state index in [1.165, 1.54) is 44.2 Å².